The van der Waals surface area contributed by atoms with Gasteiger partial charge in [-0.2, -0.15) is 0 Å². The van der Waals surface area contributed by atoms with E-state index in [0.717, 1.165) is 25.8 Å². The van der Waals surface area contributed by atoms with E-state index in [1.165, 1.54) is 0 Å². The van der Waals surface area contributed by atoms with Crippen LogP contribution >= 0.6 is 28.6 Å². The molecule has 1 heterocycles. The van der Waals surface area contributed by atoms with Crippen molar-refractivity contribution in [2.24, 2.45) is 0 Å². The Bertz CT molecular complexity index is 511. The van der Waals surface area contributed by atoms with Gasteiger partial charge in [0, 0.05) is 14.8 Å². The summed E-state index contributed by atoms with van der Waals surface area (Å²) in [5.74, 6) is 0.573. The minimum atomic E-state index is 0.573. The van der Waals surface area contributed by atoms with Gasteiger partial charge in [-0.05, 0) is 30.7 Å². The number of fused-ring (bicyclic) bond motifs is 1. The van der Waals surface area contributed by atoms with E-state index < -0.39 is 0 Å². The van der Waals surface area contributed by atoms with Crippen LogP contribution in [0.4, 0.5) is 5.82 Å². The number of benzene rings is 1. The molecule has 0 aliphatic heterocycles. The Morgan fingerprint density at radius 1 is 1.36 bits per heavy atom. The maximum Gasteiger partial charge on any atom is 0.127 e. The van der Waals surface area contributed by atoms with Gasteiger partial charge in [0.05, 0.1) is 5.52 Å². The van der Waals surface area contributed by atoms with Gasteiger partial charge in [0.25, 0.3) is 0 Å². The molecule has 14 heavy (non-hydrogen) atoms. The topological polar surface area (TPSA) is 38.9 Å². The summed E-state index contributed by atoms with van der Waals surface area (Å²) < 4.78 is 0.996. The van der Waals surface area contributed by atoms with Crippen molar-refractivity contribution in [3.05, 3.63) is 28.2 Å². The lowest BCUT2D eigenvalue weighted by molar-refractivity contribution is 1.32. The molecule has 0 unspecified atom stereocenters. The molecule has 0 radical (unpaired) electrons. The number of hydrogen-bond donors (Lipinski definition) is 2. The molecule has 0 spiro atoms. The molecule has 1 aromatic heterocycles. The monoisotopic (exact) mass is 268 g/mol. The third-order valence-electron chi connectivity index (χ3n) is 2.10. The summed E-state index contributed by atoms with van der Waals surface area (Å²) in [6.07, 6.45) is 0. The third-order valence-corrected chi connectivity index (χ3v) is 3.01. The van der Waals surface area contributed by atoms with Gasteiger partial charge < -0.3 is 5.73 Å². The van der Waals surface area contributed by atoms with E-state index in [2.05, 4.69) is 33.5 Å². The summed E-state index contributed by atoms with van der Waals surface area (Å²) in [5, 5.41) is 1.06. The normalized spacial score (nSPS) is 10.8. The largest absolute Gasteiger partial charge is 0.383 e. The van der Waals surface area contributed by atoms with Crippen molar-refractivity contribution in [1.29, 1.82) is 0 Å². The predicted octanol–water partition coefficient (Wildman–Crippen LogP) is 3.18. The minimum absolute atomic E-state index is 0.573. The Morgan fingerprint density at radius 3 is 2.79 bits per heavy atom. The summed E-state index contributed by atoms with van der Waals surface area (Å²) in [6.45, 7) is 1.95. The summed E-state index contributed by atoms with van der Waals surface area (Å²) >= 11 is 7.76. The number of hydrogen-bond acceptors (Lipinski definition) is 3. The fourth-order valence-corrected chi connectivity index (χ4v) is 2.33. The summed E-state index contributed by atoms with van der Waals surface area (Å²) in [7, 11) is 0. The van der Waals surface area contributed by atoms with Crippen LogP contribution in [0.5, 0.6) is 0 Å². The van der Waals surface area contributed by atoms with Gasteiger partial charge in [0.1, 0.15) is 5.82 Å². The lowest BCUT2D eigenvalue weighted by atomic mass is 10.1. The number of aromatic nitrogens is 1. The lowest BCUT2D eigenvalue weighted by Gasteiger charge is -2.05. The Morgan fingerprint density at radius 2 is 2.07 bits per heavy atom. The number of aryl methyl sites for hydroxylation is 1. The van der Waals surface area contributed by atoms with Gasteiger partial charge >= 0.3 is 0 Å². The standard InChI is InChI=1S/C10H9BrN2S/c1-5-2-7-8(11)3-6(14)4-9(7)13-10(5)12/h2-4,14H,1H3,(H2,12,13). The number of pyridine rings is 1. The number of anilines is 1. The first-order chi connectivity index (χ1) is 6.58. The SMILES string of the molecule is Cc1cc2c(Br)cc(S)cc2nc1N. The van der Waals surface area contributed by atoms with Gasteiger partial charge in [-0.3, -0.25) is 0 Å². The minimum Gasteiger partial charge on any atom is -0.383 e. The van der Waals surface area contributed by atoms with E-state index in [-0.39, 0.29) is 0 Å². The second-order valence-corrected chi connectivity index (χ2v) is 4.56. The van der Waals surface area contributed by atoms with E-state index in [1.54, 1.807) is 0 Å². The molecule has 0 amide bonds. The smallest absolute Gasteiger partial charge is 0.127 e. The summed E-state index contributed by atoms with van der Waals surface area (Å²) in [6, 6.07) is 5.87. The van der Waals surface area contributed by atoms with E-state index in [0.29, 0.717) is 5.82 Å². The highest BCUT2D eigenvalue weighted by Gasteiger charge is 2.04. The van der Waals surface area contributed by atoms with Crippen LogP contribution in [0.3, 0.4) is 0 Å². The van der Waals surface area contributed by atoms with Crippen molar-refractivity contribution in [2.45, 2.75) is 11.8 Å². The predicted molar refractivity (Wildman–Crippen MR) is 65.8 cm³/mol. The van der Waals surface area contributed by atoms with Gasteiger partial charge in [0.2, 0.25) is 0 Å². The number of nitrogens with zero attached hydrogens (tertiary/aromatic N) is 1. The summed E-state index contributed by atoms with van der Waals surface area (Å²) in [5.41, 5.74) is 7.59. The molecule has 2 N–H and O–H groups in total. The van der Waals surface area contributed by atoms with Crippen LogP contribution in [-0.2, 0) is 0 Å². The maximum atomic E-state index is 5.73. The first-order valence-electron chi connectivity index (χ1n) is 4.13. The molecule has 0 saturated carbocycles. The van der Waals surface area contributed by atoms with Crippen LogP contribution in [0.15, 0.2) is 27.6 Å². The molecular formula is C10H9BrN2S. The Hall–Kier alpha value is -0.740. The molecule has 0 atom stereocenters. The molecule has 1 aromatic carbocycles. The third kappa shape index (κ3) is 1.60. The number of nitrogens with two attached hydrogens (primary N) is 1. The highest BCUT2D eigenvalue weighted by atomic mass is 79.9. The molecule has 0 bridgehead atoms. The highest BCUT2D eigenvalue weighted by Crippen LogP contribution is 2.28. The average Bonchev–Trinajstić information content (AvgIpc) is 2.08. The number of rotatable bonds is 0. The van der Waals surface area contributed by atoms with Crippen molar-refractivity contribution in [1.82, 2.24) is 4.98 Å². The van der Waals surface area contributed by atoms with Crippen molar-refractivity contribution < 1.29 is 0 Å². The number of nitrogen functional groups attached to an aromatic ring is 1. The van der Waals surface area contributed by atoms with Crippen molar-refractivity contribution >= 4 is 45.3 Å². The van der Waals surface area contributed by atoms with Crippen LogP contribution in [-0.4, -0.2) is 4.98 Å². The molecule has 2 rings (SSSR count). The van der Waals surface area contributed by atoms with E-state index in [4.69, 9.17) is 5.73 Å². The number of thiol groups is 1. The van der Waals surface area contributed by atoms with Crippen molar-refractivity contribution in [3.8, 4) is 0 Å². The summed E-state index contributed by atoms with van der Waals surface area (Å²) in [4.78, 5) is 5.17. The Kier molecular flexibility index (Phi) is 2.41. The molecule has 2 aromatic rings. The quantitative estimate of drug-likeness (QED) is 0.721. The fraction of sp³-hybridized carbons (Fsp3) is 0.100. The molecule has 72 valence electrons. The second kappa shape index (κ2) is 3.44. The molecule has 0 fully saturated rings. The fourth-order valence-electron chi connectivity index (χ4n) is 1.33. The molecular weight excluding hydrogens is 260 g/mol. The second-order valence-electron chi connectivity index (χ2n) is 3.18. The zero-order valence-electron chi connectivity index (χ0n) is 7.58. The molecule has 0 aliphatic rings. The zero-order chi connectivity index (χ0) is 10.3. The molecule has 2 nitrogen and oxygen atoms in total. The lowest BCUT2D eigenvalue weighted by Crippen LogP contribution is -1.94. The molecule has 0 aliphatic carbocycles. The Balaban J connectivity index is 2.89. The highest BCUT2D eigenvalue weighted by molar-refractivity contribution is 9.10. The number of halogens is 1. The average molecular weight is 269 g/mol. The van der Waals surface area contributed by atoms with Gasteiger partial charge in [-0.25, -0.2) is 4.98 Å². The zero-order valence-corrected chi connectivity index (χ0v) is 10.1. The van der Waals surface area contributed by atoms with Gasteiger partial charge in [0.15, 0.2) is 0 Å². The van der Waals surface area contributed by atoms with Crippen LogP contribution in [0.1, 0.15) is 5.56 Å². The van der Waals surface area contributed by atoms with Crippen LogP contribution < -0.4 is 5.73 Å². The van der Waals surface area contributed by atoms with Crippen molar-refractivity contribution in [3.63, 3.8) is 0 Å². The van der Waals surface area contributed by atoms with Crippen LogP contribution in [0.25, 0.3) is 10.9 Å². The first-order valence-corrected chi connectivity index (χ1v) is 5.37. The maximum absolute atomic E-state index is 5.73. The molecule has 4 heteroatoms. The van der Waals surface area contributed by atoms with Gasteiger partial charge in [-0.1, -0.05) is 15.9 Å². The van der Waals surface area contributed by atoms with E-state index in [1.807, 2.05) is 25.1 Å². The van der Waals surface area contributed by atoms with Crippen molar-refractivity contribution in [2.75, 3.05) is 5.73 Å². The van der Waals surface area contributed by atoms with Gasteiger partial charge in [-0.15, -0.1) is 12.6 Å². The molecule has 0 saturated heterocycles. The Labute approximate surface area is 96.1 Å². The van der Waals surface area contributed by atoms with Crippen LogP contribution in [0, 0.1) is 6.92 Å². The van der Waals surface area contributed by atoms with E-state index >= 15 is 0 Å². The first kappa shape index (κ1) is 9.80. The van der Waals surface area contributed by atoms with E-state index in [9.17, 15) is 0 Å². The van der Waals surface area contributed by atoms with Crippen LogP contribution in [0.2, 0.25) is 0 Å².